The Balaban J connectivity index is 4.12. The summed E-state index contributed by atoms with van der Waals surface area (Å²) in [7, 11) is 0. The van der Waals surface area contributed by atoms with Crippen LogP contribution in [0.3, 0.4) is 0 Å². The van der Waals surface area contributed by atoms with Crippen molar-refractivity contribution in [3.05, 3.63) is 0 Å². The van der Waals surface area contributed by atoms with E-state index in [0.29, 0.717) is 0 Å². The summed E-state index contributed by atoms with van der Waals surface area (Å²) in [5.41, 5.74) is 0. The second-order valence-corrected chi connectivity index (χ2v) is 3.03. The second-order valence-electron chi connectivity index (χ2n) is 3.03. The van der Waals surface area contributed by atoms with Crippen LogP contribution >= 0.6 is 0 Å². The zero-order valence-electron chi connectivity index (χ0n) is 7.47. The van der Waals surface area contributed by atoms with Gasteiger partial charge in [0.15, 0.2) is 5.78 Å². The molecule has 1 atom stereocenters. The van der Waals surface area contributed by atoms with Gasteiger partial charge in [-0.25, -0.2) is 0 Å². The molecule has 0 radical (unpaired) electrons. The first-order valence-electron chi connectivity index (χ1n) is 3.72. The average molecular weight is 157 g/mol. The number of hydrogen-bond acceptors (Lipinski definition) is 2. The van der Waals surface area contributed by atoms with Crippen LogP contribution in [0.1, 0.15) is 27.7 Å². The molecule has 0 aromatic carbocycles. The smallest absolute Gasteiger partial charge is 0.217 e. The summed E-state index contributed by atoms with van der Waals surface area (Å²) in [5.74, 6) is 0.0190. The number of carbonyl (C=O) groups is 2. The zero-order chi connectivity index (χ0) is 9.02. The van der Waals surface area contributed by atoms with Crippen molar-refractivity contribution in [1.82, 2.24) is 5.32 Å². The van der Waals surface area contributed by atoms with Crippen LogP contribution in [0.15, 0.2) is 0 Å². The fourth-order valence-electron chi connectivity index (χ4n) is 0.957. The van der Waals surface area contributed by atoms with Crippen molar-refractivity contribution in [3.8, 4) is 0 Å². The molecule has 0 heterocycles. The van der Waals surface area contributed by atoms with E-state index in [1.807, 2.05) is 13.8 Å². The van der Waals surface area contributed by atoms with Crippen LogP contribution in [0, 0.1) is 5.92 Å². The normalized spacial score (nSPS) is 12.8. The molecule has 3 heteroatoms. The van der Waals surface area contributed by atoms with Gasteiger partial charge in [-0.2, -0.15) is 0 Å². The van der Waals surface area contributed by atoms with Crippen LogP contribution in [0.4, 0.5) is 0 Å². The van der Waals surface area contributed by atoms with Gasteiger partial charge in [0.1, 0.15) is 0 Å². The second kappa shape index (κ2) is 4.11. The molecule has 0 aliphatic rings. The number of rotatable bonds is 3. The van der Waals surface area contributed by atoms with Crippen molar-refractivity contribution in [3.63, 3.8) is 0 Å². The molecule has 0 saturated heterocycles. The SMILES string of the molecule is CC(=O)NC(C(C)=O)C(C)C. The van der Waals surface area contributed by atoms with Gasteiger partial charge in [0.2, 0.25) is 5.91 Å². The first-order valence-corrected chi connectivity index (χ1v) is 3.72. The Morgan fingerprint density at radius 3 is 1.73 bits per heavy atom. The maximum absolute atomic E-state index is 10.9. The summed E-state index contributed by atoms with van der Waals surface area (Å²) in [6, 6.07) is -0.326. The zero-order valence-corrected chi connectivity index (χ0v) is 7.47. The van der Waals surface area contributed by atoms with E-state index in [1.165, 1.54) is 13.8 Å². The topological polar surface area (TPSA) is 46.2 Å². The minimum Gasteiger partial charge on any atom is -0.346 e. The Morgan fingerprint density at radius 1 is 1.18 bits per heavy atom. The van der Waals surface area contributed by atoms with Gasteiger partial charge in [-0.1, -0.05) is 13.8 Å². The van der Waals surface area contributed by atoms with Crippen LogP contribution in [0.5, 0.6) is 0 Å². The van der Waals surface area contributed by atoms with Gasteiger partial charge in [0.25, 0.3) is 0 Å². The number of nitrogens with one attached hydrogen (secondary N) is 1. The van der Waals surface area contributed by atoms with Crippen LogP contribution < -0.4 is 5.32 Å². The van der Waals surface area contributed by atoms with E-state index >= 15 is 0 Å². The van der Waals surface area contributed by atoms with Crippen molar-refractivity contribution < 1.29 is 9.59 Å². The van der Waals surface area contributed by atoms with Gasteiger partial charge in [-0.05, 0) is 12.8 Å². The van der Waals surface area contributed by atoms with Crippen molar-refractivity contribution >= 4 is 11.7 Å². The average Bonchev–Trinajstić information content (AvgIpc) is 1.81. The van der Waals surface area contributed by atoms with E-state index in [9.17, 15) is 9.59 Å². The van der Waals surface area contributed by atoms with Gasteiger partial charge in [-0.15, -0.1) is 0 Å². The molecule has 0 fully saturated rings. The first kappa shape index (κ1) is 10.1. The largest absolute Gasteiger partial charge is 0.346 e. The summed E-state index contributed by atoms with van der Waals surface area (Å²) in [6.45, 7) is 6.71. The summed E-state index contributed by atoms with van der Waals surface area (Å²) in [4.78, 5) is 21.5. The van der Waals surface area contributed by atoms with Crippen LogP contribution in [0.2, 0.25) is 0 Å². The first-order chi connectivity index (χ1) is 4.95. The molecule has 11 heavy (non-hydrogen) atoms. The maximum atomic E-state index is 10.9. The van der Waals surface area contributed by atoms with E-state index in [1.54, 1.807) is 0 Å². The molecule has 0 aromatic rings. The molecular weight excluding hydrogens is 142 g/mol. The van der Waals surface area contributed by atoms with Crippen molar-refractivity contribution in [2.45, 2.75) is 33.7 Å². The molecule has 64 valence electrons. The molecule has 0 aromatic heterocycles. The Bertz CT molecular complexity index is 163. The molecule has 0 spiro atoms. The third-order valence-corrected chi connectivity index (χ3v) is 1.46. The van der Waals surface area contributed by atoms with Gasteiger partial charge in [-0.3, -0.25) is 9.59 Å². The Labute approximate surface area is 67.2 Å². The third kappa shape index (κ3) is 3.75. The molecule has 0 rings (SSSR count). The Morgan fingerprint density at radius 2 is 1.64 bits per heavy atom. The highest BCUT2D eigenvalue weighted by Gasteiger charge is 2.18. The lowest BCUT2D eigenvalue weighted by Gasteiger charge is -2.17. The fraction of sp³-hybridized carbons (Fsp3) is 0.750. The highest BCUT2D eigenvalue weighted by molar-refractivity contribution is 5.86. The molecule has 1 unspecified atom stereocenters. The van der Waals surface area contributed by atoms with E-state index in [2.05, 4.69) is 5.32 Å². The van der Waals surface area contributed by atoms with Gasteiger partial charge < -0.3 is 5.32 Å². The minimum atomic E-state index is -0.326. The summed E-state index contributed by atoms with van der Waals surface area (Å²) in [6.07, 6.45) is 0. The number of ketones is 1. The predicted octanol–water partition coefficient (Wildman–Crippen LogP) is 0.736. The summed E-state index contributed by atoms with van der Waals surface area (Å²) in [5, 5.41) is 2.59. The monoisotopic (exact) mass is 157 g/mol. The standard InChI is InChI=1S/C8H15NO2/c1-5(2)8(6(3)10)9-7(4)11/h5,8H,1-4H3,(H,9,11). The van der Waals surface area contributed by atoms with Gasteiger partial charge in [0.05, 0.1) is 6.04 Å². The van der Waals surface area contributed by atoms with Crippen molar-refractivity contribution in [1.29, 1.82) is 0 Å². The van der Waals surface area contributed by atoms with E-state index < -0.39 is 0 Å². The molecule has 3 nitrogen and oxygen atoms in total. The number of amides is 1. The molecule has 0 aliphatic heterocycles. The summed E-state index contributed by atoms with van der Waals surface area (Å²) >= 11 is 0. The molecule has 0 aliphatic carbocycles. The quantitative estimate of drug-likeness (QED) is 0.656. The van der Waals surface area contributed by atoms with Gasteiger partial charge >= 0.3 is 0 Å². The Hall–Kier alpha value is -0.860. The molecule has 1 amide bonds. The van der Waals surface area contributed by atoms with E-state index in [4.69, 9.17) is 0 Å². The van der Waals surface area contributed by atoms with Crippen LogP contribution in [0.25, 0.3) is 0 Å². The third-order valence-electron chi connectivity index (χ3n) is 1.46. The number of hydrogen-bond donors (Lipinski definition) is 1. The molecule has 0 saturated carbocycles. The number of Topliss-reactive ketones (excluding diaryl/α,β-unsaturated/α-hetero) is 1. The van der Waals surface area contributed by atoms with Gasteiger partial charge in [0, 0.05) is 6.92 Å². The van der Waals surface area contributed by atoms with Crippen molar-refractivity contribution in [2.24, 2.45) is 5.92 Å². The molecule has 1 N–H and O–H groups in total. The van der Waals surface area contributed by atoms with Crippen molar-refractivity contribution in [2.75, 3.05) is 0 Å². The van der Waals surface area contributed by atoms with Crippen LogP contribution in [-0.4, -0.2) is 17.7 Å². The highest BCUT2D eigenvalue weighted by atomic mass is 16.2. The lowest BCUT2D eigenvalue weighted by Crippen LogP contribution is -2.42. The highest BCUT2D eigenvalue weighted by Crippen LogP contribution is 2.01. The van der Waals surface area contributed by atoms with Crippen LogP contribution in [-0.2, 0) is 9.59 Å². The minimum absolute atomic E-state index is 0.00944. The summed E-state index contributed by atoms with van der Waals surface area (Å²) < 4.78 is 0. The maximum Gasteiger partial charge on any atom is 0.217 e. The molecular formula is C8H15NO2. The number of carbonyl (C=O) groups excluding carboxylic acids is 2. The Kier molecular flexibility index (Phi) is 3.79. The predicted molar refractivity (Wildman–Crippen MR) is 43.1 cm³/mol. The lowest BCUT2D eigenvalue weighted by molar-refractivity contribution is -0.126. The fourth-order valence-corrected chi connectivity index (χ4v) is 0.957. The van der Waals surface area contributed by atoms with E-state index in [-0.39, 0.29) is 23.7 Å². The van der Waals surface area contributed by atoms with E-state index in [0.717, 1.165) is 0 Å². The molecule has 0 bridgehead atoms. The lowest BCUT2D eigenvalue weighted by atomic mass is 10.0.